The van der Waals surface area contributed by atoms with E-state index in [4.69, 9.17) is 14.5 Å². The molecule has 1 aliphatic heterocycles. The van der Waals surface area contributed by atoms with Crippen LogP contribution in [0.4, 0.5) is 0 Å². The summed E-state index contributed by atoms with van der Waals surface area (Å²) in [6.07, 6.45) is 5.20. The maximum absolute atomic E-state index is 14.2. The van der Waals surface area contributed by atoms with Crippen molar-refractivity contribution in [2.75, 3.05) is 13.7 Å². The van der Waals surface area contributed by atoms with Crippen molar-refractivity contribution in [2.24, 2.45) is 4.99 Å². The molecule has 7 nitrogen and oxygen atoms in total. The van der Waals surface area contributed by atoms with Crippen LogP contribution >= 0.6 is 27.3 Å². The summed E-state index contributed by atoms with van der Waals surface area (Å²) in [6.45, 7) is 10.7. The van der Waals surface area contributed by atoms with Crippen LogP contribution < -0.4 is 19.6 Å². The minimum absolute atomic E-state index is 0.206. The zero-order valence-electron chi connectivity index (χ0n) is 23.6. The van der Waals surface area contributed by atoms with Gasteiger partial charge in [-0.3, -0.25) is 9.36 Å². The van der Waals surface area contributed by atoms with E-state index in [1.54, 1.807) is 18.6 Å². The summed E-state index contributed by atoms with van der Waals surface area (Å²) in [5.41, 5.74) is 4.71. The molecule has 0 bridgehead atoms. The van der Waals surface area contributed by atoms with Crippen LogP contribution in [0.15, 0.2) is 80.6 Å². The number of rotatable bonds is 9. The van der Waals surface area contributed by atoms with Gasteiger partial charge in [-0.1, -0.05) is 55.0 Å². The Morgan fingerprint density at radius 3 is 2.68 bits per heavy atom. The van der Waals surface area contributed by atoms with Gasteiger partial charge in [0.15, 0.2) is 4.80 Å². The van der Waals surface area contributed by atoms with Crippen molar-refractivity contribution in [3.05, 3.63) is 107 Å². The quantitative estimate of drug-likeness (QED) is 0.172. The summed E-state index contributed by atoms with van der Waals surface area (Å²) in [6, 6.07) is 13.1. The number of ether oxygens (including phenoxy) is 2. The number of hydrogen-bond acceptors (Lipinski definition) is 6. The lowest BCUT2D eigenvalue weighted by Gasteiger charge is -2.26. The molecule has 5 rings (SSSR count). The third kappa shape index (κ3) is 5.13. The Kier molecular flexibility index (Phi) is 8.47. The van der Waals surface area contributed by atoms with E-state index in [0.717, 1.165) is 38.6 Å². The van der Waals surface area contributed by atoms with Crippen LogP contribution in [0.1, 0.15) is 49.6 Å². The number of fused-ring (bicyclic) bond motifs is 2. The van der Waals surface area contributed by atoms with Crippen molar-refractivity contribution in [3.8, 4) is 5.75 Å². The number of allylic oxidation sites excluding steroid dienone is 2. The van der Waals surface area contributed by atoms with E-state index in [1.807, 2.05) is 49.4 Å². The average Bonchev–Trinajstić information content (AvgIpc) is 3.41. The van der Waals surface area contributed by atoms with Gasteiger partial charge in [0.2, 0.25) is 0 Å². The SMILES string of the molecule is C=CCn1c(C)c(/C=c2/sc3n(c2=O)C(c2ccc(OC)c(Br)c2)C(C(=O)OCC)=C(CCC)N=3)c2ccccc21. The molecule has 2 aromatic carbocycles. The largest absolute Gasteiger partial charge is 0.496 e. The molecule has 0 radical (unpaired) electrons. The van der Waals surface area contributed by atoms with E-state index in [9.17, 15) is 9.59 Å². The Bertz CT molecular complexity index is 1880. The number of carbonyl (C=O) groups is 1. The lowest BCUT2D eigenvalue weighted by molar-refractivity contribution is -0.139. The van der Waals surface area contributed by atoms with Gasteiger partial charge in [0.1, 0.15) is 5.75 Å². The van der Waals surface area contributed by atoms with E-state index in [1.165, 1.54) is 11.3 Å². The number of esters is 1. The molecule has 0 spiro atoms. The number of methoxy groups -OCH3 is 1. The average molecular weight is 635 g/mol. The zero-order chi connectivity index (χ0) is 29.3. The summed E-state index contributed by atoms with van der Waals surface area (Å²) in [5, 5.41) is 1.06. The maximum Gasteiger partial charge on any atom is 0.338 e. The summed E-state index contributed by atoms with van der Waals surface area (Å²) >= 11 is 4.92. The number of carbonyl (C=O) groups excluding carboxylic acids is 1. The molecule has 41 heavy (non-hydrogen) atoms. The monoisotopic (exact) mass is 633 g/mol. The van der Waals surface area contributed by atoms with E-state index in [2.05, 4.69) is 46.1 Å². The number of halogens is 1. The van der Waals surface area contributed by atoms with Gasteiger partial charge < -0.3 is 14.0 Å². The molecule has 0 N–H and O–H groups in total. The maximum atomic E-state index is 14.2. The minimum Gasteiger partial charge on any atom is -0.496 e. The zero-order valence-corrected chi connectivity index (χ0v) is 26.0. The second-order valence-corrected chi connectivity index (χ2v) is 11.6. The minimum atomic E-state index is -0.695. The van der Waals surface area contributed by atoms with E-state index < -0.39 is 12.0 Å². The Morgan fingerprint density at radius 2 is 2.00 bits per heavy atom. The normalized spacial score (nSPS) is 15.1. The number of para-hydroxylation sites is 1. The number of hydrogen-bond donors (Lipinski definition) is 0. The van der Waals surface area contributed by atoms with Crippen LogP contribution in [0.5, 0.6) is 5.75 Å². The highest BCUT2D eigenvalue weighted by atomic mass is 79.9. The molecular weight excluding hydrogens is 602 g/mol. The summed E-state index contributed by atoms with van der Waals surface area (Å²) in [4.78, 5) is 33.1. The lowest BCUT2D eigenvalue weighted by atomic mass is 9.94. The second kappa shape index (κ2) is 12.0. The van der Waals surface area contributed by atoms with Crippen molar-refractivity contribution >= 4 is 50.2 Å². The Labute approximate surface area is 250 Å². The molecule has 0 saturated carbocycles. The van der Waals surface area contributed by atoms with Gasteiger partial charge in [0.25, 0.3) is 5.56 Å². The smallest absolute Gasteiger partial charge is 0.338 e. The molecule has 4 aromatic rings. The van der Waals surface area contributed by atoms with E-state index in [0.29, 0.717) is 39.3 Å². The number of aromatic nitrogens is 2. The van der Waals surface area contributed by atoms with Crippen LogP contribution in [0.3, 0.4) is 0 Å². The molecular formula is C32H32BrN3O4S. The highest BCUT2D eigenvalue weighted by Crippen LogP contribution is 2.36. The molecule has 2 aromatic heterocycles. The summed E-state index contributed by atoms with van der Waals surface area (Å²) in [7, 11) is 1.60. The fraction of sp³-hybridized carbons (Fsp3) is 0.281. The van der Waals surface area contributed by atoms with Crippen LogP contribution in [0, 0.1) is 6.92 Å². The lowest BCUT2D eigenvalue weighted by Crippen LogP contribution is -2.40. The Balaban J connectivity index is 1.80. The first kappa shape index (κ1) is 28.8. The first-order valence-electron chi connectivity index (χ1n) is 13.6. The molecule has 1 unspecified atom stereocenters. The standard InChI is InChI=1S/C32H32BrN3O4S/c1-6-11-24-28(31(38)40-8-3)29(20-14-15-26(39-5)23(33)17-20)36-30(37)27(41-32(36)34-24)18-22-19(4)35(16-7-2)25-13-10-9-12-21(22)25/h7,9-10,12-15,17-18,29H,2,6,8,11,16H2,1,3-5H3/b27-18+. The van der Waals surface area contributed by atoms with Crippen LogP contribution in [-0.4, -0.2) is 28.8 Å². The molecule has 9 heteroatoms. The molecule has 0 aliphatic carbocycles. The van der Waals surface area contributed by atoms with Crippen molar-refractivity contribution < 1.29 is 14.3 Å². The fourth-order valence-electron chi connectivity index (χ4n) is 5.42. The first-order valence-corrected chi connectivity index (χ1v) is 15.2. The van der Waals surface area contributed by atoms with Crippen molar-refractivity contribution in [1.82, 2.24) is 9.13 Å². The third-order valence-corrected chi connectivity index (χ3v) is 8.85. The van der Waals surface area contributed by atoms with Gasteiger partial charge in [-0.25, -0.2) is 9.79 Å². The molecule has 212 valence electrons. The molecule has 1 aliphatic rings. The highest BCUT2D eigenvalue weighted by molar-refractivity contribution is 9.10. The second-order valence-electron chi connectivity index (χ2n) is 9.72. The molecule has 0 amide bonds. The Hall–Kier alpha value is -3.69. The predicted molar refractivity (Wildman–Crippen MR) is 167 cm³/mol. The van der Waals surface area contributed by atoms with Gasteiger partial charge in [-0.05, 0) is 66.0 Å². The molecule has 1 atom stereocenters. The highest BCUT2D eigenvalue weighted by Gasteiger charge is 2.34. The number of benzene rings is 2. The van der Waals surface area contributed by atoms with Gasteiger partial charge in [-0.2, -0.15) is 0 Å². The van der Waals surface area contributed by atoms with Crippen LogP contribution in [-0.2, 0) is 16.1 Å². The van der Waals surface area contributed by atoms with Gasteiger partial charge in [-0.15, -0.1) is 6.58 Å². The van der Waals surface area contributed by atoms with Gasteiger partial charge in [0.05, 0.1) is 40.0 Å². The van der Waals surface area contributed by atoms with Gasteiger partial charge in [0, 0.05) is 28.7 Å². The van der Waals surface area contributed by atoms with Gasteiger partial charge >= 0.3 is 5.97 Å². The topological polar surface area (TPSA) is 74.8 Å². The summed E-state index contributed by atoms with van der Waals surface area (Å²) in [5.74, 6) is 0.192. The van der Waals surface area contributed by atoms with Crippen LogP contribution in [0.25, 0.3) is 17.0 Å². The predicted octanol–water partition coefficient (Wildman–Crippen LogP) is 5.80. The number of thiazole rings is 1. The van der Waals surface area contributed by atoms with E-state index in [-0.39, 0.29) is 12.2 Å². The molecule has 0 saturated heterocycles. The van der Waals surface area contributed by atoms with Crippen molar-refractivity contribution in [3.63, 3.8) is 0 Å². The molecule has 0 fully saturated rings. The Morgan fingerprint density at radius 1 is 1.22 bits per heavy atom. The summed E-state index contributed by atoms with van der Waals surface area (Å²) < 4.78 is 16.1. The third-order valence-electron chi connectivity index (χ3n) is 7.25. The van der Waals surface area contributed by atoms with Crippen molar-refractivity contribution in [2.45, 2.75) is 46.2 Å². The van der Waals surface area contributed by atoms with Crippen molar-refractivity contribution in [1.29, 1.82) is 0 Å². The number of nitrogens with zero attached hydrogens (tertiary/aromatic N) is 3. The first-order chi connectivity index (χ1) is 19.8. The van der Waals surface area contributed by atoms with Crippen LogP contribution in [0.2, 0.25) is 0 Å². The van der Waals surface area contributed by atoms with E-state index >= 15 is 0 Å². The fourth-order valence-corrected chi connectivity index (χ4v) is 6.98. The molecule has 3 heterocycles.